The minimum Gasteiger partial charge on any atom is -0.484 e. The van der Waals surface area contributed by atoms with E-state index in [0.29, 0.717) is 37.9 Å². The summed E-state index contributed by atoms with van der Waals surface area (Å²) in [5.74, 6) is -0.444. The van der Waals surface area contributed by atoms with Gasteiger partial charge in [-0.1, -0.05) is 30.7 Å². The number of amides is 2. The zero-order valence-corrected chi connectivity index (χ0v) is 20.4. The SMILES string of the molecule is CCc1ccc(OCC(=O)NC23CCC(NC(=O)COc4ccc(Cl)c(F)c4)(CC2)[C@@H](O)C3)cc1. The number of hydrogen-bond acceptors (Lipinski definition) is 5. The number of ether oxygens (including phenoxy) is 2. The van der Waals surface area contributed by atoms with Crippen LogP contribution in [0.25, 0.3) is 0 Å². The van der Waals surface area contributed by atoms with Crippen molar-refractivity contribution in [2.45, 2.75) is 62.6 Å². The number of halogens is 2. The summed E-state index contributed by atoms with van der Waals surface area (Å²) in [5, 5.41) is 16.8. The molecule has 2 amide bonds. The molecule has 3 fully saturated rings. The zero-order chi connectivity index (χ0) is 25.1. The Labute approximate surface area is 208 Å². The number of hydrogen-bond donors (Lipinski definition) is 3. The maximum Gasteiger partial charge on any atom is 0.258 e. The molecule has 9 heteroatoms. The molecule has 0 radical (unpaired) electrons. The first kappa shape index (κ1) is 25.3. The van der Waals surface area contributed by atoms with Gasteiger partial charge in [-0.25, -0.2) is 4.39 Å². The highest BCUT2D eigenvalue weighted by atomic mass is 35.5. The van der Waals surface area contributed by atoms with Crippen LogP contribution >= 0.6 is 11.6 Å². The minimum atomic E-state index is -0.815. The van der Waals surface area contributed by atoms with Crippen LogP contribution in [0.1, 0.15) is 44.6 Å². The van der Waals surface area contributed by atoms with Gasteiger partial charge in [0, 0.05) is 11.6 Å². The van der Waals surface area contributed by atoms with Crippen molar-refractivity contribution in [1.82, 2.24) is 10.6 Å². The fourth-order valence-corrected chi connectivity index (χ4v) is 5.11. The van der Waals surface area contributed by atoms with Crippen LogP contribution in [-0.2, 0) is 16.0 Å². The van der Waals surface area contributed by atoms with Crippen molar-refractivity contribution in [3.8, 4) is 11.5 Å². The summed E-state index contributed by atoms with van der Waals surface area (Å²) < 4.78 is 24.5. The van der Waals surface area contributed by atoms with Gasteiger partial charge < -0.3 is 25.2 Å². The quantitative estimate of drug-likeness (QED) is 0.485. The van der Waals surface area contributed by atoms with E-state index in [9.17, 15) is 19.1 Å². The van der Waals surface area contributed by atoms with Crippen molar-refractivity contribution in [2.75, 3.05) is 13.2 Å². The van der Waals surface area contributed by atoms with Gasteiger partial charge in [-0.2, -0.15) is 0 Å². The first-order chi connectivity index (χ1) is 16.7. The Morgan fingerprint density at radius 3 is 2.20 bits per heavy atom. The number of nitrogens with one attached hydrogen (secondary N) is 2. The normalized spacial score (nSPS) is 25.1. The number of rotatable bonds is 9. The molecule has 5 rings (SSSR count). The molecule has 0 unspecified atom stereocenters. The second kappa shape index (κ2) is 10.4. The van der Waals surface area contributed by atoms with Crippen LogP contribution in [0, 0.1) is 5.82 Å². The van der Waals surface area contributed by atoms with Gasteiger partial charge in [0.1, 0.15) is 17.3 Å². The first-order valence-corrected chi connectivity index (χ1v) is 12.2. The van der Waals surface area contributed by atoms with E-state index in [1.807, 2.05) is 24.3 Å². The lowest BCUT2D eigenvalue weighted by atomic mass is 9.60. The Kier molecular flexibility index (Phi) is 7.52. The van der Waals surface area contributed by atoms with Gasteiger partial charge in [0.2, 0.25) is 0 Å². The second-order valence-corrected chi connectivity index (χ2v) is 9.81. The molecule has 35 heavy (non-hydrogen) atoms. The van der Waals surface area contributed by atoms with E-state index in [0.717, 1.165) is 12.5 Å². The van der Waals surface area contributed by atoms with Crippen molar-refractivity contribution in [1.29, 1.82) is 0 Å². The monoisotopic (exact) mass is 504 g/mol. The summed E-state index contributed by atoms with van der Waals surface area (Å²) in [5.41, 5.74) is -0.0917. The summed E-state index contributed by atoms with van der Waals surface area (Å²) >= 11 is 5.66. The molecule has 2 aromatic carbocycles. The highest BCUT2D eigenvalue weighted by Gasteiger charge is 2.55. The smallest absolute Gasteiger partial charge is 0.258 e. The van der Waals surface area contributed by atoms with Gasteiger partial charge in [0.15, 0.2) is 13.2 Å². The molecular weight excluding hydrogens is 475 g/mol. The van der Waals surface area contributed by atoms with Crippen LogP contribution in [0.2, 0.25) is 5.02 Å². The van der Waals surface area contributed by atoms with Crippen molar-refractivity contribution in [3.05, 3.63) is 58.9 Å². The standard InChI is InChI=1S/C26H30ClFN2O5/c1-2-17-3-5-18(6-4-17)34-15-23(32)29-25-9-11-26(12-10-25,22(31)14-25)30-24(33)16-35-19-7-8-20(27)21(28)13-19/h3-8,13,22,31H,2,9-12,14-16H2,1H3,(H,29,32)(H,30,33)/t22-,25?,26?/m0/s1. The van der Waals surface area contributed by atoms with Gasteiger partial charge >= 0.3 is 0 Å². The molecule has 1 atom stereocenters. The van der Waals surface area contributed by atoms with E-state index >= 15 is 0 Å². The van der Waals surface area contributed by atoms with Crippen LogP contribution < -0.4 is 20.1 Å². The molecule has 0 aliphatic heterocycles. The van der Waals surface area contributed by atoms with E-state index in [-0.39, 0.29) is 29.9 Å². The average molecular weight is 505 g/mol. The molecular formula is C26H30ClFN2O5. The van der Waals surface area contributed by atoms with Crippen LogP contribution in [0.3, 0.4) is 0 Å². The van der Waals surface area contributed by atoms with Crippen LogP contribution in [0.4, 0.5) is 4.39 Å². The fraction of sp³-hybridized carbons (Fsp3) is 0.462. The van der Waals surface area contributed by atoms with E-state index in [4.69, 9.17) is 21.1 Å². The molecule has 0 heterocycles. The average Bonchev–Trinajstić information content (AvgIpc) is 2.85. The third-order valence-corrected chi connectivity index (χ3v) is 7.38. The largest absolute Gasteiger partial charge is 0.484 e. The molecule has 3 aliphatic rings. The fourth-order valence-electron chi connectivity index (χ4n) is 4.99. The summed E-state index contributed by atoms with van der Waals surface area (Å²) in [6.45, 7) is 1.66. The first-order valence-electron chi connectivity index (χ1n) is 11.8. The van der Waals surface area contributed by atoms with Gasteiger partial charge in [0.05, 0.1) is 16.7 Å². The Morgan fingerprint density at radius 2 is 1.60 bits per heavy atom. The Morgan fingerprint density at radius 1 is 1.00 bits per heavy atom. The molecule has 0 aromatic heterocycles. The molecule has 2 aromatic rings. The van der Waals surface area contributed by atoms with Crippen LogP contribution in [0.5, 0.6) is 11.5 Å². The van der Waals surface area contributed by atoms with Crippen molar-refractivity contribution < 1.29 is 28.6 Å². The summed E-state index contributed by atoms with van der Waals surface area (Å²) in [6.07, 6.45) is 2.76. The van der Waals surface area contributed by atoms with Crippen LogP contribution in [-0.4, -0.2) is 47.3 Å². The molecule has 0 saturated heterocycles. The minimum absolute atomic E-state index is 0.0269. The maximum atomic E-state index is 13.6. The number of carbonyl (C=O) groups is 2. The predicted octanol–water partition coefficient (Wildman–Crippen LogP) is 3.55. The number of aliphatic hydroxyl groups is 1. The molecule has 188 valence electrons. The Hall–Kier alpha value is -2.84. The molecule has 3 saturated carbocycles. The van der Waals surface area contributed by atoms with E-state index in [1.54, 1.807) is 0 Å². The lowest BCUT2D eigenvalue weighted by Crippen LogP contribution is -2.70. The third kappa shape index (κ3) is 5.87. The highest BCUT2D eigenvalue weighted by Crippen LogP contribution is 2.47. The number of aryl methyl sites for hydroxylation is 1. The van der Waals surface area contributed by atoms with Crippen molar-refractivity contribution in [3.63, 3.8) is 0 Å². The van der Waals surface area contributed by atoms with Gasteiger partial charge in [0.25, 0.3) is 11.8 Å². The number of fused-ring (bicyclic) bond motifs is 3. The second-order valence-electron chi connectivity index (χ2n) is 9.40. The third-order valence-electron chi connectivity index (χ3n) is 7.08. The molecule has 7 nitrogen and oxygen atoms in total. The molecule has 2 bridgehead atoms. The Bertz CT molecular complexity index is 1070. The van der Waals surface area contributed by atoms with Crippen molar-refractivity contribution in [2.24, 2.45) is 0 Å². The number of carbonyl (C=O) groups excluding carboxylic acids is 2. The van der Waals surface area contributed by atoms with E-state index < -0.39 is 28.9 Å². The van der Waals surface area contributed by atoms with Crippen LogP contribution in [0.15, 0.2) is 42.5 Å². The molecule has 3 N–H and O–H groups in total. The molecule has 3 aliphatic carbocycles. The summed E-state index contributed by atoms with van der Waals surface area (Å²) in [4.78, 5) is 25.1. The highest BCUT2D eigenvalue weighted by molar-refractivity contribution is 6.30. The maximum absolute atomic E-state index is 13.6. The molecule has 0 spiro atoms. The number of aliphatic hydroxyl groups excluding tert-OH is 1. The van der Waals surface area contributed by atoms with E-state index in [2.05, 4.69) is 17.6 Å². The predicted molar refractivity (Wildman–Crippen MR) is 129 cm³/mol. The van der Waals surface area contributed by atoms with Gasteiger partial charge in [-0.15, -0.1) is 0 Å². The summed E-state index contributed by atoms with van der Waals surface area (Å²) in [6, 6.07) is 11.6. The topological polar surface area (TPSA) is 96.9 Å². The van der Waals surface area contributed by atoms with Crippen molar-refractivity contribution >= 4 is 23.4 Å². The van der Waals surface area contributed by atoms with E-state index in [1.165, 1.54) is 17.7 Å². The lowest BCUT2D eigenvalue weighted by molar-refractivity contribution is -0.137. The Balaban J connectivity index is 1.26. The number of benzene rings is 2. The summed E-state index contributed by atoms with van der Waals surface area (Å²) in [7, 11) is 0. The zero-order valence-electron chi connectivity index (χ0n) is 19.6. The lowest BCUT2D eigenvalue weighted by Gasteiger charge is -2.56. The van der Waals surface area contributed by atoms with Gasteiger partial charge in [-0.3, -0.25) is 9.59 Å². The van der Waals surface area contributed by atoms with Gasteiger partial charge in [-0.05, 0) is 68.4 Å².